The molecular weight excluding hydrogens is 366 g/mol. The molecule has 1 saturated heterocycles. The quantitative estimate of drug-likeness (QED) is 0.674. The van der Waals surface area contributed by atoms with Gasteiger partial charge in [-0.1, -0.05) is 42.5 Å². The molecular formula is C22H23N5O2. The molecule has 0 radical (unpaired) electrons. The summed E-state index contributed by atoms with van der Waals surface area (Å²) in [5.41, 5.74) is 3.18. The van der Waals surface area contributed by atoms with Gasteiger partial charge in [0.25, 0.3) is 5.91 Å². The molecule has 0 bridgehead atoms. The largest absolute Gasteiger partial charge is 0.378 e. The number of ether oxygens (including phenoxy) is 1. The fourth-order valence-electron chi connectivity index (χ4n) is 3.19. The van der Waals surface area contributed by atoms with Crippen molar-refractivity contribution in [1.29, 1.82) is 0 Å². The van der Waals surface area contributed by atoms with Crippen LogP contribution in [-0.2, 0) is 11.3 Å². The molecule has 0 aliphatic carbocycles. The van der Waals surface area contributed by atoms with Gasteiger partial charge in [-0.25, -0.2) is 9.97 Å². The Labute approximate surface area is 169 Å². The summed E-state index contributed by atoms with van der Waals surface area (Å²) in [5.74, 6) is 0.152. The van der Waals surface area contributed by atoms with Crippen molar-refractivity contribution in [3.63, 3.8) is 0 Å². The first-order valence-corrected chi connectivity index (χ1v) is 9.63. The summed E-state index contributed by atoms with van der Waals surface area (Å²) < 4.78 is 5.43. The molecule has 1 aliphatic heterocycles. The SMILES string of the molecule is O=C(Nc1ccccc1N1CCOCC1)c1ccnc(NCc2ccccc2)n1. The molecule has 148 valence electrons. The van der Waals surface area contributed by atoms with E-state index in [2.05, 4.69) is 25.5 Å². The lowest BCUT2D eigenvalue weighted by Crippen LogP contribution is -2.36. The van der Waals surface area contributed by atoms with E-state index in [1.165, 1.54) is 0 Å². The average molecular weight is 389 g/mol. The Bertz CT molecular complexity index is 958. The Balaban J connectivity index is 1.45. The van der Waals surface area contributed by atoms with Crippen molar-refractivity contribution in [1.82, 2.24) is 9.97 Å². The van der Waals surface area contributed by atoms with E-state index in [1.807, 2.05) is 54.6 Å². The normalized spacial score (nSPS) is 13.7. The van der Waals surface area contributed by atoms with Gasteiger partial charge in [0.2, 0.25) is 5.95 Å². The number of carbonyl (C=O) groups excluding carboxylic acids is 1. The Kier molecular flexibility index (Phi) is 5.97. The second kappa shape index (κ2) is 9.16. The summed E-state index contributed by atoms with van der Waals surface area (Å²) >= 11 is 0. The maximum atomic E-state index is 12.8. The van der Waals surface area contributed by atoms with E-state index in [0.717, 1.165) is 30.0 Å². The first-order valence-electron chi connectivity index (χ1n) is 9.63. The number of rotatable bonds is 6. The van der Waals surface area contributed by atoms with Crippen LogP contribution in [0.15, 0.2) is 66.9 Å². The van der Waals surface area contributed by atoms with E-state index in [4.69, 9.17) is 4.74 Å². The van der Waals surface area contributed by atoms with Crippen LogP contribution in [0.25, 0.3) is 0 Å². The summed E-state index contributed by atoms with van der Waals surface area (Å²) in [5, 5.41) is 6.14. The molecule has 1 fully saturated rings. The van der Waals surface area contributed by atoms with Crippen LogP contribution >= 0.6 is 0 Å². The fourth-order valence-corrected chi connectivity index (χ4v) is 3.19. The fraction of sp³-hybridized carbons (Fsp3) is 0.227. The van der Waals surface area contributed by atoms with Gasteiger partial charge in [0.1, 0.15) is 5.69 Å². The number of amides is 1. The summed E-state index contributed by atoms with van der Waals surface area (Å²) in [6.45, 7) is 3.56. The van der Waals surface area contributed by atoms with Crippen LogP contribution in [-0.4, -0.2) is 42.2 Å². The predicted octanol–water partition coefficient (Wildman–Crippen LogP) is 3.18. The minimum atomic E-state index is -0.268. The number of anilines is 3. The summed E-state index contributed by atoms with van der Waals surface area (Å²) in [4.78, 5) is 23.6. The number of hydrogen-bond donors (Lipinski definition) is 2. The molecule has 1 aliphatic rings. The van der Waals surface area contributed by atoms with E-state index in [1.54, 1.807) is 12.3 Å². The van der Waals surface area contributed by atoms with Crippen molar-refractivity contribution in [2.75, 3.05) is 41.8 Å². The third-order valence-electron chi connectivity index (χ3n) is 4.69. The number of aromatic nitrogens is 2. The minimum absolute atomic E-state index is 0.268. The average Bonchev–Trinajstić information content (AvgIpc) is 2.79. The Morgan fingerprint density at radius 3 is 2.59 bits per heavy atom. The van der Waals surface area contributed by atoms with Crippen LogP contribution < -0.4 is 15.5 Å². The minimum Gasteiger partial charge on any atom is -0.378 e. The van der Waals surface area contributed by atoms with Gasteiger partial charge in [0, 0.05) is 25.8 Å². The number of nitrogens with one attached hydrogen (secondary N) is 2. The van der Waals surface area contributed by atoms with Crippen molar-refractivity contribution >= 4 is 23.2 Å². The van der Waals surface area contributed by atoms with E-state index < -0.39 is 0 Å². The zero-order chi connectivity index (χ0) is 19.9. The van der Waals surface area contributed by atoms with Gasteiger partial charge in [-0.05, 0) is 23.8 Å². The van der Waals surface area contributed by atoms with E-state index in [-0.39, 0.29) is 5.91 Å². The molecule has 1 amide bonds. The molecule has 0 saturated carbocycles. The predicted molar refractivity (Wildman–Crippen MR) is 113 cm³/mol. The van der Waals surface area contributed by atoms with Crippen LogP contribution in [0, 0.1) is 0 Å². The molecule has 29 heavy (non-hydrogen) atoms. The van der Waals surface area contributed by atoms with Crippen molar-refractivity contribution in [2.45, 2.75) is 6.54 Å². The lowest BCUT2D eigenvalue weighted by molar-refractivity contribution is 0.102. The number of morpholine rings is 1. The number of carbonyl (C=O) groups is 1. The zero-order valence-corrected chi connectivity index (χ0v) is 16.0. The van der Waals surface area contributed by atoms with Crippen LogP contribution in [0.5, 0.6) is 0 Å². The molecule has 2 aromatic carbocycles. The van der Waals surface area contributed by atoms with Gasteiger partial charge in [0.05, 0.1) is 24.6 Å². The molecule has 4 rings (SSSR count). The number of para-hydroxylation sites is 2. The lowest BCUT2D eigenvalue weighted by atomic mass is 10.2. The van der Waals surface area contributed by atoms with Gasteiger partial charge < -0.3 is 20.3 Å². The van der Waals surface area contributed by atoms with Gasteiger partial charge >= 0.3 is 0 Å². The highest BCUT2D eigenvalue weighted by atomic mass is 16.5. The zero-order valence-electron chi connectivity index (χ0n) is 16.0. The highest BCUT2D eigenvalue weighted by Crippen LogP contribution is 2.26. The third kappa shape index (κ3) is 4.89. The summed E-state index contributed by atoms with van der Waals surface area (Å²) in [7, 11) is 0. The molecule has 2 N–H and O–H groups in total. The van der Waals surface area contributed by atoms with Crippen molar-refractivity contribution in [3.05, 3.63) is 78.1 Å². The highest BCUT2D eigenvalue weighted by molar-refractivity contribution is 6.04. The molecule has 2 heterocycles. The van der Waals surface area contributed by atoms with Crippen molar-refractivity contribution in [2.24, 2.45) is 0 Å². The number of hydrogen-bond acceptors (Lipinski definition) is 6. The van der Waals surface area contributed by atoms with Gasteiger partial charge in [-0.3, -0.25) is 4.79 Å². The smallest absolute Gasteiger partial charge is 0.274 e. The third-order valence-corrected chi connectivity index (χ3v) is 4.69. The molecule has 1 aromatic heterocycles. The first kappa shape index (κ1) is 18.9. The lowest BCUT2D eigenvalue weighted by Gasteiger charge is -2.30. The van der Waals surface area contributed by atoms with Gasteiger partial charge in [0.15, 0.2) is 0 Å². The molecule has 0 spiro atoms. The molecule has 7 heteroatoms. The second-order valence-electron chi connectivity index (χ2n) is 6.68. The van der Waals surface area contributed by atoms with Gasteiger partial charge in [-0.15, -0.1) is 0 Å². The van der Waals surface area contributed by atoms with Crippen LogP contribution in [0.1, 0.15) is 16.1 Å². The molecule has 3 aromatic rings. The maximum Gasteiger partial charge on any atom is 0.274 e. The van der Waals surface area contributed by atoms with E-state index >= 15 is 0 Å². The number of nitrogens with zero attached hydrogens (tertiary/aromatic N) is 3. The second-order valence-corrected chi connectivity index (χ2v) is 6.68. The topological polar surface area (TPSA) is 79.4 Å². The highest BCUT2D eigenvalue weighted by Gasteiger charge is 2.17. The first-order chi connectivity index (χ1) is 14.3. The van der Waals surface area contributed by atoms with Gasteiger partial charge in [-0.2, -0.15) is 0 Å². The van der Waals surface area contributed by atoms with Crippen LogP contribution in [0.3, 0.4) is 0 Å². The standard InChI is InChI=1S/C22H23N5O2/c28-21(25-18-8-4-5-9-20(18)27-12-14-29-15-13-27)19-10-11-23-22(26-19)24-16-17-6-2-1-3-7-17/h1-11H,12-16H2,(H,25,28)(H,23,24,26). The molecule has 7 nitrogen and oxygen atoms in total. The summed E-state index contributed by atoms with van der Waals surface area (Å²) in [6.07, 6.45) is 1.59. The monoisotopic (exact) mass is 389 g/mol. The van der Waals surface area contributed by atoms with Crippen molar-refractivity contribution in [3.8, 4) is 0 Å². The Morgan fingerprint density at radius 1 is 1.00 bits per heavy atom. The Hall–Kier alpha value is -3.45. The molecule has 0 atom stereocenters. The van der Waals surface area contributed by atoms with E-state index in [9.17, 15) is 4.79 Å². The molecule has 0 unspecified atom stereocenters. The maximum absolute atomic E-state index is 12.8. The van der Waals surface area contributed by atoms with Crippen LogP contribution in [0.2, 0.25) is 0 Å². The van der Waals surface area contributed by atoms with Crippen molar-refractivity contribution < 1.29 is 9.53 Å². The number of benzene rings is 2. The van der Waals surface area contributed by atoms with E-state index in [0.29, 0.717) is 31.4 Å². The Morgan fingerprint density at radius 2 is 1.76 bits per heavy atom. The summed E-state index contributed by atoms with van der Waals surface area (Å²) in [6, 6.07) is 19.4. The van der Waals surface area contributed by atoms with Crippen LogP contribution in [0.4, 0.5) is 17.3 Å².